The van der Waals surface area contributed by atoms with E-state index in [0.29, 0.717) is 12.3 Å². The van der Waals surface area contributed by atoms with Crippen molar-refractivity contribution in [3.8, 4) is 0 Å². The van der Waals surface area contributed by atoms with Gasteiger partial charge >= 0.3 is 5.97 Å². The van der Waals surface area contributed by atoms with Crippen LogP contribution in [-0.4, -0.2) is 22.5 Å². The number of hydrogen-bond acceptors (Lipinski definition) is 3. The number of hydrogen-bond donors (Lipinski definition) is 1. The molecule has 0 fully saturated rings. The molecule has 14 heavy (non-hydrogen) atoms. The van der Waals surface area contributed by atoms with Gasteiger partial charge < -0.3 is 9.72 Å². The van der Waals surface area contributed by atoms with Crippen LogP contribution >= 0.6 is 0 Å². The van der Waals surface area contributed by atoms with Crippen LogP contribution in [-0.2, 0) is 4.74 Å². The smallest absolute Gasteiger partial charge is 0.356 e. The molecule has 0 atom stereocenters. The zero-order valence-electron chi connectivity index (χ0n) is 7.78. The van der Waals surface area contributed by atoms with Gasteiger partial charge in [-0.1, -0.05) is 0 Å². The van der Waals surface area contributed by atoms with Gasteiger partial charge in [0.05, 0.1) is 6.61 Å². The Morgan fingerprint density at radius 2 is 2.50 bits per heavy atom. The third-order valence-electron chi connectivity index (χ3n) is 1.92. The molecule has 4 heteroatoms. The summed E-state index contributed by atoms with van der Waals surface area (Å²) in [5.41, 5.74) is 1.23. The molecule has 0 aliphatic rings. The van der Waals surface area contributed by atoms with Crippen molar-refractivity contribution in [3.05, 3.63) is 30.2 Å². The van der Waals surface area contributed by atoms with Gasteiger partial charge in [0.15, 0.2) is 0 Å². The van der Waals surface area contributed by atoms with Crippen LogP contribution in [0.4, 0.5) is 0 Å². The zero-order valence-corrected chi connectivity index (χ0v) is 7.78. The van der Waals surface area contributed by atoms with Gasteiger partial charge in [-0.25, -0.2) is 9.78 Å². The Hall–Kier alpha value is -1.84. The number of rotatable bonds is 2. The predicted octanol–water partition coefficient (Wildman–Crippen LogP) is 1.74. The number of pyridine rings is 1. The van der Waals surface area contributed by atoms with Gasteiger partial charge in [-0.3, -0.25) is 0 Å². The number of aromatic nitrogens is 2. The zero-order chi connectivity index (χ0) is 9.97. The van der Waals surface area contributed by atoms with Crippen molar-refractivity contribution >= 4 is 16.9 Å². The molecular weight excluding hydrogens is 180 g/mol. The molecule has 0 saturated carbocycles. The number of aromatic amines is 1. The van der Waals surface area contributed by atoms with Crippen LogP contribution in [0.2, 0.25) is 0 Å². The molecule has 0 unspecified atom stereocenters. The maximum atomic E-state index is 11.3. The lowest BCUT2D eigenvalue weighted by Crippen LogP contribution is -2.06. The van der Waals surface area contributed by atoms with E-state index in [9.17, 15) is 4.79 Å². The molecule has 0 aliphatic carbocycles. The molecule has 0 bridgehead atoms. The standard InChI is InChI=1S/C10H10N2O2/c1-2-14-10(13)9-5-8-7(6-12-9)3-4-11-8/h3-6,11H,2H2,1H3. The van der Waals surface area contributed by atoms with Crippen molar-refractivity contribution in [2.45, 2.75) is 6.92 Å². The Morgan fingerprint density at radius 3 is 3.29 bits per heavy atom. The van der Waals surface area contributed by atoms with Crippen LogP contribution < -0.4 is 0 Å². The Bertz CT molecular complexity index is 462. The van der Waals surface area contributed by atoms with Gasteiger partial charge in [0.2, 0.25) is 0 Å². The van der Waals surface area contributed by atoms with Crippen LogP contribution in [0.1, 0.15) is 17.4 Å². The van der Waals surface area contributed by atoms with E-state index in [1.165, 1.54) is 0 Å². The van der Waals surface area contributed by atoms with E-state index in [1.807, 2.05) is 6.07 Å². The molecule has 2 aromatic heterocycles. The summed E-state index contributed by atoms with van der Waals surface area (Å²) in [6.45, 7) is 2.13. The average Bonchev–Trinajstić information content (AvgIpc) is 2.64. The van der Waals surface area contributed by atoms with Crippen LogP contribution in [0, 0.1) is 0 Å². The van der Waals surface area contributed by atoms with E-state index in [2.05, 4.69) is 9.97 Å². The highest BCUT2D eigenvalue weighted by molar-refractivity contribution is 5.91. The normalized spacial score (nSPS) is 10.4. The Kier molecular flexibility index (Phi) is 2.18. The number of carbonyl (C=O) groups is 1. The maximum absolute atomic E-state index is 11.3. The van der Waals surface area contributed by atoms with Crippen molar-refractivity contribution in [1.29, 1.82) is 0 Å². The number of fused-ring (bicyclic) bond motifs is 1. The van der Waals surface area contributed by atoms with Crippen molar-refractivity contribution in [2.75, 3.05) is 6.61 Å². The minimum Gasteiger partial charge on any atom is -0.461 e. The molecule has 0 amide bonds. The number of H-pyrrole nitrogens is 1. The minimum absolute atomic E-state index is 0.335. The molecule has 2 rings (SSSR count). The van der Waals surface area contributed by atoms with E-state index in [-0.39, 0.29) is 5.97 Å². The molecule has 0 aliphatic heterocycles. The maximum Gasteiger partial charge on any atom is 0.356 e. The molecule has 4 nitrogen and oxygen atoms in total. The van der Waals surface area contributed by atoms with E-state index in [4.69, 9.17) is 4.74 Å². The third kappa shape index (κ3) is 1.46. The highest BCUT2D eigenvalue weighted by Crippen LogP contribution is 2.11. The minimum atomic E-state index is -0.385. The topological polar surface area (TPSA) is 55.0 Å². The number of ether oxygens (including phenoxy) is 1. The molecule has 2 aromatic rings. The Labute approximate surface area is 80.9 Å². The molecular formula is C10H10N2O2. The van der Waals surface area contributed by atoms with Gasteiger partial charge in [0.1, 0.15) is 5.69 Å². The summed E-state index contributed by atoms with van der Waals surface area (Å²) in [6, 6.07) is 3.59. The first-order chi connectivity index (χ1) is 6.81. The van der Waals surface area contributed by atoms with Crippen LogP contribution in [0.3, 0.4) is 0 Å². The number of esters is 1. The van der Waals surface area contributed by atoms with Gasteiger partial charge in [0.25, 0.3) is 0 Å². The quantitative estimate of drug-likeness (QED) is 0.734. The molecule has 72 valence electrons. The monoisotopic (exact) mass is 190 g/mol. The van der Waals surface area contributed by atoms with E-state index < -0.39 is 0 Å². The fourth-order valence-corrected chi connectivity index (χ4v) is 1.26. The second kappa shape index (κ2) is 3.49. The summed E-state index contributed by atoms with van der Waals surface area (Å²) >= 11 is 0. The van der Waals surface area contributed by atoms with Crippen LogP contribution in [0.15, 0.2) is 24.5 Å². The lowest BCUT2D eigenvalue weighted by molar-refractivity contribution is 0.0519. The molecule has 0 spiro atoms. The largest absolute Gasteiger partial charge is 0.461 e. The number of nitrogens with one attached hydrogen (secondary N) is 1. The first-order valence-corrected chi connectivity index (χ1v) is 4.41. The summed E-state index contributed by atoms with van der Waals surface area (Å²) in [4.78, 5) is 18.3. The van der Waals surface area contributed by atoms with Gasteiger partial charge in [-0.05, 0) is 19.1 Å². The fraction of sp³-hybridized carbons (Fsp3) is 0.200. The van der Waals surface area contributed by atoms with E-state index in [0.717, 1.165) is 10.9 Å². The van der Waals surface area contributed by atoms with Crippen molar-refractivity contribution in [1.82, 2.24) is 9.97 Å². The Morgan fingerprint density at radius 1 is 1.64 bits per heavy atom. The summed E-state index contributed by atoms with van der Waals surface area (Å²) < 4.78 is 4.84. The molecule has 2 heterocycles. The highest BCUT2D eigenvalue weighted by Gasteiger charge is 2.08. The highest BCUT2D eigenvalue weighted by atomic mass is 16.5. The summed E-state index contributed by atoms with van der Waals surface area (Å²) in [6.07, 6.45) is 3.46. The van der Waals surface area contributed by atoms with Crippen molar-refractivity contribution in [2.24, 2.45) is 0 Å². The second-order valence-corrected chi connectivity index (χ2v) is 2.85. The third-order valence-corrected chi connectivity index (χ3v) is 1.92. The van der Waals surface area contributed by atoms with E-state index >= 15 is 0 Å². The lowest BCUT2D eigenvalue weighted by atomic mass is 10.3. The van der Waals surface area contributed by atoms with Gasteiger partial charge in [0, 0.05) is 23.3 Å². The van der Waals surface area contributed by atoms with Gasteiger partial charge in [-0.2, -0.15) is 0 Å². The van der Waals surface area contributed by atoms with E-state index in [1.54, 1.807) is 25.4 Å². The lowest BCUT2D eigenvalue weighted by Gasteiger charge is -2.00. The summed E-state index contributed by atoms with van der Waals surface area (Å²) in [5, 5.41) is 0.984. The van der Waals surface area contributed by atoms with Gasteiger partial charge in [-0.15, -0.1) is 0 Å². The molecule has 0 aromatic carbocycles. The second-order valence-electron chi connectivity index (χ2n) is 2.85. The van der Waals surface area contributed by atoms with Crippen LogP contribution in [0.5, 0.6) is 0 Å². The fourth-order valence-electron chi connectivity index (χ4n) is 1.26. The molecule has 0 radical (unpaired) electrons. The Balaban J connectivity index is 2.38. The number of nitrogens with zero attached hydrogens (tertiary/aromatic N) is 1. The molecule has 0 saturated heterocycles. The predicted molar refractivity (Wildman–Crippen MR) is 52.1 cm³/mol. The first kappa shape index (κ1) is 8.74. The molecule has 1 N–H and O–H groups in total. The number of carbonyl (C=O) groups excluding carboxylic acids is 1. The van der Waals surface area contributed by atoms with Crippen molar-refractivity contribution in [3.63, 3.8) is 0 Å². The average molecular weight is 190 g/mol. The first-order valence-electron chi connectivity index (χ1n) is 4.41. The van der Waals surface area contributed by atoms with Crippen molar-refractivity contribution < 1.29 is 9.53 Å². The van der Waals surface area contributed by atoms with Crippen LogP contribution in [0.25, 0.3) is 10.9 Å². The summed E-state index contributed by atoms with van der Waals surface area (Å²) in [5.74, 6) is -0.385. The SMILES string of the molecule is CCOC(=O)c1cc2[nH]ccc2cn1. The summed E-state index contributed by atoms with van der Waals surface area (Å²) in [7, 11) is 0.